The molecule has 0 N–H and O–H groups in total. The summed E-state index contributed by atoms with van der Waals surface area (Å²) in [4.78, 5) is 0. The quantitative estimate of drug-likeness (QED) is 0.510. The van der Waals surface area contributed by atoms with Gasteiger partial charge >= 0.3 is 0 Å². The van der Waals surface area contributed by atoms with Gasteiger partial charge in [0, 0.05) is 17.6 Å². The zero-order chi connectivity index (χ0) is 15.9. The number of nitrogens with zero attached hydrogens (tertiary/aromatic N) is 1. The molecule has 0 spiro atoms. The highest BCUT2D eigenvalue weighted by atomic mass is 19.2. The Kier molecular flexibility index (Phi) is 3.52. The van der Waals surface area contributed by atoms with Crippen LogP contribution in [-0.4, -0.2) is 11.2 Å². The van der Waals surface area contributed by atoms with Gasteiger partial charge in [-0.2, -0.15) is 0 Å². The summed E-state index contributed by atoms with van der Waals surface area (Å²) in [6, 6.07) is 6.64. The first kappa shape index (κ1) is 14.4. The van der Waals surface area contributed by atoms with Gasteiger partial charge in [0.05, 0.1) is 12.1 Å². The minimum Gasteiger partial charge on any atom is -0.494 e. The fourth-order valence-corrected chi connectivity index (χ4v) is 2.34. The van der Waals surface area contributed by atoms with Crippen LogP contribution in [0.25, 0.3) is 16.6 Å². The van der Waals surface area contributed by atoms with Crippen LogP contribution in [-0.2, 0) is 0 Å². The van der Waals surface area contributed by atoms with E-state index in [1.165, 1.54) is 6.20 Å². The minimum atomic E-state index is -1.44. The Morgan fingerprint density at radius 2 is 1.64 bits per heavy atom. The van der Waals surface area contributed by atoms with Crippen molar-refractivity contribution in [2.75, 3.05) is 6.61 Å². The van der Waals surface area contributed by atoms with Crippen molar-refractivity contribution >= 4 is 10.9 Å². The number of hydrogen-bond acceptors (Lipinski definition) is 1. The highest BCUT2D eigenvalue weighted by Gasteiger charge is 2.21. The summed E-state index contributed by atoms with van der Waals surface area (Å²) in [5, 5.41) is 0.634. The lowest BCUT2D eigenvalue weighted by Gasteiger charge is -2.10. The van der Waals surface area contributed by atoms with Gasteiger partial charge in [-0.05, 0) is 31.2 Å². The molecule has 0 unspecified atom stereocenters. The van der Waals surface area contributed by atoms with Gasteiger partial charge in [-0.1, -0.05) is 0 Å². The van der Waals surface area contributed by atoms with Gasteiger partial charge in [-0.3, -0.25) is 0 Å². The normalized spacial score (nSPS) is 11.1. The average Bonchev–Trinajstić information content (AvgIpc) is 2.89. The molecule has 0 saturated carbocycles. The van der Waals surface area contributed by atoms with E-state index in [1.54, 1.807) is 24.3 Å². The van der Waals surface area contributed by atoms with Crippen LogP contribution in [0.3, 0.4) is 0 Å². The Labute approximate surface area is 123 Å². The molecule has 0 fully saturated rings. The van der Waals surface area contributed by atoms with E-state index in [0.717, 1.165) is 4.57 Å². The number of hydrogen-bond donors (Lipinski definition) is 0. The van der Waals surface area contributed by atoms with E-state index in [2.05, 4.69) is 0 Å². The zero-order valence-electron chi connectivity index (χ0n) is 11.5. The third-order valence-electron chi connectivity index (χ3n) is 3.30. The third kappa shape index (κ3) is 2.20. The fraction of sp³-hybridized carbons (Fsp3) is 0.125. The second kappa shape index (κ2) is 5.36. The molecule has 0 saturated heterocycles. The first-order valence-electron chi connectivity index (χ1n) is 6.60. The van der Waals surface area contributed by atoms with Crippen molar-refractivity contribution in [3.8, 4) is 11.4 Å². The number of halogens is 4. The van der Waals surface area contributed by atoms with Gasteiger partial charge in [-0.15, -0.1) is 0 Å². The van der Waals surface area contributed by atoms with Crippen molar-refractivity contribution in [3.63, 3.8) is 0 Å². The van der Waals surface area contributed by atoms with Gasteiger partial charge in [0.15, 0.2) is 23.3 Å². The van der Waals surface area contributed by atoms with Crippen molar-refractivity contribution in [2.45, 2.75) is 6.92 Å². The second-order valence-corrected chi connectivity index (χ2v) is 4.66. The first-order valence-corrected chi connectivity index (χ1v) is 6.60. The van der Waals surface area contributed by atoms with Crippen LogP contribution < -0.4 is 4.74 Å². The number of fused-ring (bicyclic) bond motifs is 1. The molecule has 0 aliphatic carbocycles. The predicted molar refractivity (Wildman–Crippen MR) is 74.3 cm³/mol. The molecule has 0 atom stereocenters. The van der Waals surface area contributed by atoms with Gasteiger partial charge in [0.2, 0.25) is 0 Å². The SMILES string of the molecule is CCOc1ccc2c(ccn2-c2c(F)c(F)cc(F)c2F)c1. The summed E-state index contributed by atoms with van der Waals surface area (Å²) in [5.41, 5.74) is -0.372. The first-order chi connectivity index (χ1) is 10.5. The van der Waals surface area contributed by atoms with Crippen LogP contribution in [0.15, 0.2) is 36.5 Å². The predicted octanol–water partition coefficient (Wildman–Crippen LogP) is 4.59. The zero-order valence-corrected chi connectivity index (χ0v) is 11.5. The summed E-state index contributed by atoms with van der Waals surface area (Å²) in [7, 11) is 0. The molecular weight excluding hydrogens is 298 g/mol. The molecule has 0 aliphatic heterocycles. The standard InChI is InChI=1S/C16H11F4NO/c1-2-22-10-3-4-13-9(7-10)5-6-21(13)16-14(19)11(17)8-12(18)15(16)20/h3-8H,2H2,1H3. The van der Waals surface area contributed by atoms with Crippen molar-refractivity contribution in [2.24, 2.45) is 0 Å². The monoisotopic (exact) mass is 309 g/mol. The van der Waals surface area contributed by atoms with Crippen LogP contribution >= 0.6 is 0 Å². The minimum absolute atomic E-state index is 0.188. The molecule has 1 aromatic heterocycles. The summed E-state index contributed by atoms with van der Waals surface area (Å²) in [6.07, 6.45) is 1.35. The van der Waals surface area contributed by atoms with Crippen LogP contribution in [0, 0.1) is 23.3 Å². The van der Waals surface area contributed by atoms with Gasteiger partial charge in [-0.25, -0.2) is 17.6 Å². The molecule has 2 aromatic carbocycles. The number of rotatable bonds is 3. The van der Waals surface area contributed by atoms with Gasteiger partial charge in [0.25, 0.3) is 0 Å². The smallest absolute Gasteiger partial charge is 0.186 e. The molecule has 1 heterocycles. The molecule has 3 rings (SSSR count). The second-order valence-electron chi connectivity index (χ2n) is 4.66. The van der Waals surface area contributed by atoms with Gasteiger partial charge < -0.3 is 9.30 Å². The van der Waals surface area contributed by atoms with E-state index in [1.807, 2.05) is 6.92 Å². The lowest BCUT2D eigenvalue weighted by atomic mass is 10.2. The number of benzene rings is 2. The Morgan fingerprint density at radius 1 is 0.955 bits per heavy atom. The Bertz CT molecular complexity index is 831. The lowest BCUT2D eigenvalue weighted by Crippen LogP contribution is -2.05. The average molecular weight is 309 g/mol. The summed E-state index contributed by atoms with van der Waals surface area (Å²) < 4.78 is 60.9. The largest absolute Gasteiger partial charge is 0.494 e. The molecule has 2 nitrogen and oxygen atoms in total. The third-order valence-corrected chi connectivity index (χ3v) is 3.30. The lowest BCUT2D eigenvalue weighted by molar-refractivity contribution is 0.340. The van der Waals surface area contributed by atoms with Crippen LogP contribution in [0.4, 0.5) is 17.6 Å². The molecule has 22 heavy (non-hydrogen) atoms. The molecule has 0 amide bonds. The van der Waals surface area contributed by atoms with E-state index in [9.17, 15) is 17.6 Å². The van der Waals surface area contributed by atoms with Crippen molar-refractivity contribution in [1.82, 2.24) is 4.57 Å². The maximum Gasteiger partial charge on any atom is 0.186 e. The Hall–Kier alpha value is -2.50. The van der Waals surface area contributed by atoms with Crippen molar-refractivity contribution < 1.29 is 22.3 Å². The van der Waals surface area contributed by atoms with Crippen LogP contribution in [0.2, 0.25) is 0 Å². The number of ether oxygens (including phenoxy) is 1. The highest BCUT2D eigenvalue weighted by molar-refractivity contribution is 5.83. The Morgan fingerprint density at radius 3 is 2.27 bits per heavy atom. The molecule has 6 heteroatoms. The molecule has 3 aromatic rings. The van der Waals surface area contributed by atoms with Crippen LogP contribution in [0.1, 0.15) is 6.92 Å². The summed E-state index contributed by atoms with van der Waals surface area (Å²) in [5.74, 6) is -5.17. The summed E-state index contributed by atoms with van der Waals surface area (Å²) in [6.45, 7) is 2.31. The molecule has 0 aliphatic rings. The Balaban J connectivity index is 2.24. The van der Waals surface area contributed by atoms with Gasteiger partial charge in [0.1, 0.15) is 11.4 Å². The molecular formula is C16H11F4NO. The molecule has 0 bridgehead atoms. The topological polar surface area (TPSA) is 14.2 Å². The van der Waals surface area contributed by atoms with E-state index >= 15 is 0 Å². The van der Waals surface area contributed by atoms with Crippen molar-refractivity contribution in [1.29, 1.82) is 0 Å². The maximum atomic E-state index is 13.9. The highest BCUT2D eigenvalue weighted by Crippen LogP contribution is 2.29. The van der Waals surface area contributed by atoms with E-state index < -0.39 is 29.0 Å². The van der Waals surface area contributed by atoms with E-state index in [4.69, 9.17) is 4.74 Å². The fourth-order valence-electron chi connectivity index (χ4n) is 2.34. The van der Waals surface area contributed by atoms with E-state index in [0.29, 0.717) is 23.3 Å². The van der Waals surface area contributed by atoms with Crippen molar-refractivity contribution in [3.05, 3.63) is 59.8 Å². The van der Waals surface area contributed by atoms with E-state index in [-0.39, 0.29) is 6.07 Å². The summed E-state index contributed by atoms with van der Waals surface area (Å²) >= 11 is 0. The molecule has 0 radical (unpaired) electrons. The molecule has 114 valence electrons. The number of aromatic nitrogens is 1. The maximum absolute atomic E-state index is 13.9. The van der Waals surface area contributed by atoms with Crippen LogP contribution in [0.5, 0.6) is 5.75 Å².